The smallest absolute Gasteiger partial charge is 0.373 e. The second-order valence-corrected chi connectivity index (χ2v) is 5.54. The van der Waals surface area contributed by atoms with E-state index in [1.54, 1.807) is 0 Å². The number of halogens is 3. The average Bonchev–Trinajstić information content (AvgIpc) is 2.80. The number of aromatic nitrogens is 2. The third-order valence-corrected chi connectivity index (χ3v) is 3.75. The highest BCUT2D eigenvalue weighted by atomic mass is 19.4. The maximum absolute atomic E-state index is 12.6. The van der Waals surface area contributed by atoms with Crippen LogP contribution in [0.3, 0.4) is 0 Å². The zero-order valence-corrected chi connectivity index (χ0v) is 11.4. The van der Waals surface area contributed by atoms with Crippen LogP contribution in [0.4, 0.5) is 13.2 Å². The minimum atomic E-state index is -4.84. The van der Waals surface area contributed by atoms with Gasteiger partial charge in [-0.2, -0.15) is 18.2 Å². The molecule has 5 nitrogen and oxygen atoms in total. The standard InChI is InChI=1S/C12H18F3N3O2/c1-11(19,12(13,14)15)10-16-9(17-20-10)7-8-3-5-18(2)6-4-8/h8,19H,3-7H2,1-2H3/t11-/m1/s1. The monoisotopic (exact) mass is 293 g/mol. The third-order valence-electron chi connectivity index (χ3n) is 3.75. The van der Waals surface area contributed by atoms with Crippen molar-refractivity contribution in [2.24, 2.45) is 5.92 Å². The predicted molar refractivity (Wildman–Crippen MR) is 63.8 cm³/mol. The number of hydrogen-bond donors (Lipinski definition) is 1. The van der Waals surface area contributed by atoms with Crippen molar-refractivity contribution in [3.63, 3.8) is 0 Å². The fourth-order valence-electron chi connectivity index (χ4n) is 2.18. The molecule has 1 fully saturated rings. The number of likely N-dealkylation sites (tertiary alicyclic amines) is 1. The number of aliphatic hydroxyl groups is 1. The molecular weight excluding hydrogens is 275 g/mol. The normalized spacial score (nSPS) is 21.9. The van der Waals surface area contributed by atoms with Crippen LogP contribution in [-0.2, 0) is 12.0 Å². The van der Waals surface area contributed by atoms with Crippen molar-refractivity contribution in [3.05, 3.63) is 11.7 Å². The van der Waals surface area contributed by atoms with Crippen LogP contribution in [0, 0.1) is 5.92 Å². The van der Waals surface area contributed by atoms with E-state index in [2.05, 4.69) is 19.6 Å². The first-order valence-corrected chi connectivity index (χ1v) is 6.51. The quantitative estimate of drug-likeness (QED) is 0.919. The molecule has 2 heterocycles. The van der Waals surface area contributed by atoms with Gasteiger partial charge in [-0.3, -0.25) is 0 Å². The zero-order chi connectivity index (χ0) is 15.0. The number of alkyl halides is 3. The van der Waals surface area contributed by atoms with E-state index in [0.29, 0.717) is 19.3 Å². The summed E-state index contributed by atoms with van der Waals surface area (Å²) in [6.07, 6.45) is -2.46. The van der Waals surface area contributed by atoms with Crippen molar-refractivity contribution >= 4 is 0 Å². The number of piperidine rings is 1. The molecule has 0 bridgehead atoms. The Morgan fingerprint density at radius 2 is 1.95 bits per heavy atom. The molecule has 0 saturated carbocycles. The van der Waals surface area contributed by atoms with Crippen molar-refractivity contribution in [1.82, 2.24) is 15.0 Å². The van der Waals surface area contributed by atoms with E-state index in [-0.39, 0.29) is 5.82 Å². The summed E-state index contributed by atoms with van der Waals surface area (Å²) in [6.45, 7) is 2.52. The van der Waals surface area contributed by atoms with Crippen molar-refractivity contribution in [2.75, 3.05) is 20.1 Å². The van der Waals surface area contributed by atoms with Gasteiger partial charge in [-0.05, 0) is 45.8 Å². The first-order valence-electron chi connectivity index (χ1n) is 6.51. The van der Waals surface area contributed by atoms with Crippen molar-refractivity contribution in [2.45, 2.75) is 38.0 Å². The Morgan fingerprint density at radius 1 is 1.35 bits per heavy atom. The van der Waals surface area contributed by atoms with Crippen molar-refractivity contribution in [3.8, 4) is 0 Å². The topological polar surface area (TPSA) is 62.4 Å². The summed E-state index contributed by atoms with van der Waals surface area (Å²) < 4.78 is 42.5. The molecule has 20 heavy (non-hydrogen) atoms. The minimum Gasteiger partial charge on any atom is -0.373 e. The number of nitrogens with zero attached hydrogens (tertiary/aromatic N) is 3. The van der Waals surface area contributed by atoms with Crippen molar-refractivity contribution < 1.29 is 22.8 Å². The molecule has 0 aromatic carbocycles. The van der Waals surface area contributed by atoms with Gasteiger partial charge in [0.25, 0.3) is 5.89 Å². The maximum Gasteiger partial charge on any atom is 0.426 e. The van der Waals surface area contributed by atoms with Crippen molar-refractivity contribution in [1.29, 1.82) is 0 Å². The summed E-state index contributed by atoms with van der Waals surface area (Å²) in [5.41, 5.74) is -3.11. The SMILES string of the molecule is CN1CCC(Cc2noc([C@@](C)(O)C(F)(F)F)n2)CC1. The van der Waals surface area contributed by atoms with Crippen LogP contribution < -0.4 is 0 Å². The Labute approximate surface area is 114 Å². The molecule has 114 valence electrons. The summed E-state index contributed by atoms with van der Waals surface area (Å²) in [7, 11) is 2.03. The Morgan fingerprint density at radius 3 is 2.50 bits per heavy atom. The highest BCUT2D eigenvalue weighted by molar-refractivity contribution is 5.01. The van der Waals surface area contributed by atoms with Gasteiger partial charge in [-0.15, -0.1) is 0 Å². The fourth-order valence-corrected chi connectivity index (χ4v) is 2.18. The fraction of sp³-hybridized carbons (Fsp3) is 0.833. The molecule has 2 rings (SSSR count). The van der Waals surface area contributed by atoms with E-state index < -0.39 is 17.7 Å². The van der Waals surface area contributed by atoms with E-state index in [9.17, 15) is 18.3 Å². The lowest BCUT2D eigenvalue weighted by Crippen LogP contribution is -2.39. The molecule has 0 amide bonds. The lowest BCUT2D eigenvalue weighted by molar-refractivity contribution is -0.267. The molecule has 0 spiro atoms. The molecule has 1 N–H and O–H groups in total. The van der Waals surface area contributed by atoms with E-state index in [1.807, 2.05) is 7.05 Å². The van der Waals surface area contributed by atoms with Gasteiger partial charge in [0.05, 0.1) is 0 Å². The van der Waals surface area contributed by atoms with E-state index in [0.717, 1.165) is 25.9 Å². The minimum absolute atomic E-state index is 0.221. The Bertz CT molecular complexity index is 451. The van der Waals surface area contributed by atoms with Crippen LogP contribution in [0.1, 0.15) is 31.5 Å². The third kappa shape index (κ3) is 3.12. The first-order chi connectivity index (χ1) is 9.20. The lowest BCUT2D eigenvalue weighted by atomic mass is 9.93. The van der Waals surface area contributed by atoms with Crippen LogP contribution in [0.5, 0.6) is 0 Å². The van der Waals surface area contributed by atoms with Gasteiger partial charge < -0.3 is 14.5 Å². The molecule has 1 aliphatic rings. The Hall–Kier alpha value is -1.15. The highest BCUT2D eigenvalue weighted by Gasteiger charge is 2.55. The largest absolute Gasteiger partial charge is 0.426 e. The number of hydrogen-bond acceptors (Lipinski definition) is 5. The molecule has 1 aromatic heterocycles. The van der Waals surface area contributed by atoms with Gasteiger partial charge in [-0.25, -0.2) is 0 Å². The zero-order valence-electron chi connectivity index (χ0n) is 11.4. The van der Waals surface area contributed by atoms with E-state index in [4.69, 9.17) is 0 Å². The van der Waals surface area contributed by atoms with Gasteiger partial charge in [0.15, 0.2) is 5.82 Å². The Kier molecular flexibility index (Phi) is 4.06. The van der Waals surface area contributed by atoms with Crippen LogP contribution in [0.15, 0.2) is 4.52 Å². The predicted octanol–water partition coefficient (Wildman–Crippen LogP) is 1.72. The summed E-state index contributed by atoms with van der Waals surface area (Å²) in [5, 5.41) is 13.0. The van der Waals surface area contributed by atoms with Crippen LogP contribution in [0.2, 0.25) is 0 Å². The van der Waals surface area contributed by atoms with Crippen LogP contribution in [-0.4, -0.2) is 46.5 Å². The lowest BCUT2D eigenvalue weighted by Gasteiger charge is -2.28. The summed E-state index contributed by atoms with van der Waals surface area (Å²) in [5.74, 6) is -0.237. The van der Waals surface area contributed by atoms with Gasteiger partial charge >= 0.3 is 6.18 Å². The second kappa shape index (κ2) is 5.33. The van der Waals surface area contributed by atoms with Gasteiger partial charge in [0, 0.05) is 6.42 Å². The molecule has 0 radical (unpaired) electrons. The van der Waals surface area contributed by atoms with Gasteiger partial charge in [0.2, 0.25) is 5.60 Å². The first kappa shape index (κ1) is 15.2. The maximum atomic E-state index is 12.6. The van der Waals surface area contributed by atoms with E-state index >= 15 is 0 Å². The second-order valence-electron chi connectivity index (χ2n) is 5.54. The molecule has 8 heteroatoms. The highest BCUT2D eigenvalue weighted by Crippen LogP contribution is 2.37. The molecule has 1 aliphatic heterocycles. The molecule has 1 atom stereocenters. The molecular formula is C12H18F3N3O2. The van der Waals surface area contributed by atoms with Gasteiger partial charge in [-0.1, -0.05) is 5.16 Å². The van der Waals surface area contributed by atoms with Crippen LogP contribution >= 0.6 is 0 Å². The van der Waals surface area contributed by atoms with E-state index in [1.165, 1.54) is 0 Å². The van der Waals surface area contributed by atoms with Gasteiger partial charge in [0.1, 0.15) is 0 Å². The summed E-state index contributed by atoms with van der Waals surface area (Å²) in [6, 6.07) is 0. The Balaban J connectivity index is 2.02. The molecule has 1 aromatic rings. The summed E-state index contributed by atoms with van der Waals surface area (Å²) >= 11 is 0. The van der Waals surface area contributed by atoms with Crippen LogP contribution in [0.25, 0.3) is 0 Å². The number of rotatable bonds is 3. The summed E-state index contributed by atoms with van der Waals surface area (Å²) in [4.78, 5) is 5.90. The molecule has 1 saturated heterocycles. The molecule has 0 unspecified atom stereocenters. The average molecular weight is 293 g/mol. The molecule has 0 aliphatic carbocycles.